The third-order valence-corrected chi connectivity index (χ3v) is 2.91. The molecule has 0 radical (unpaired) electrons. The van der Waals surface area contributed by atoms with Gasteiger partial charge in [-0.05, 0) is 30.7 Å². The Hall–Kier alpha value is -1.94. The van der Waals surface area contributed by atoms with Crippen LogP contribution in [-0.4, -0.2) is 4.98 Å². The number of pyridine rings is 1. The van der Waals surface area contributed by atoms with Crippen LogP contribution in [0.25, 0.3) is 0 Å². The summed E-state index contributed by atoms with van der Waals surface area (Å²) < 4.78 is 0. The summed E-state index contributed by atoms with van der Waals surface area (Å²) in [6.07, 6.45) is 0. The second kappa shape index (κ2) is 4.51. The summed E-state index contributed by atoms with van der Waals surface area (Å²) in [5.74, 6) is 0.919. The highest BCUT2D eigenvalue weighted by Gasteiger charge is 2.04. The zero-order valence-corrected chi connectivity index (χ0v) is 10.1. The van der Waals surface area contributed by atoms with E-state index in [4.69, 9.17) is 23.1 Å². The number of hydrogen-bond acceptors (Lipinski definition) is 4. The van der Waals surface area contributed by atoms with E-state index in [0.717, 1.165) is 11.3 Å². The summed E-state index contributed by atoms with van der Waals surface area (Å²) in [7, 11) is 0. The molecule has 1 aromatic carbocycles. The van der Waals surface area contributed by atoms with Crippen LogP contribution in [0.2, 0.25) is 5.02 Å². The van der Waals surface area contributed by atoms with E-state index in [1.54, 1.807) is 12.1 Å². The number of aromatic nitrogens is 1. The van der Waals surface area contributed by atoms with Gasteiger partial charge in [0.2, 0.25) is 0 Å². The zero-order chi connectivity index (χ0) is 12.4. The topological polar surface area (TPSA) is 77.0 Å². The van der Waals surface area contributed by atoms with Crippen molar-refractivity contribution in [2.75, 3.05) is 16.8 Å². The van der Waals surface area contributed by atoms with Crippen LogP contribution in [0, 0.1) is 6.92 Å². The Morgan fingerprint density at radius 2 is 1.94 bits per heavy atom. The molecule has 0 aliphatic carbocycles. The summed E-state index contributed by atoms with van der Waals surface area (Å²) in [4.78, 5) is 4.12. The lowest BCUT2D eigenvalue weighted by molar-refractivity contribution is 1.31. The first-order valence-electron chi connectivity index (χ1n) is 5.12. The molecule has 0 spiro atoms. The fraction of sp³-hybridized carbons (Fsp3) is 0.0833. The molecule has 2 rings (SSSR count). The van der Waals surface area contributed by atoms with Crippen molar-refractivity contribution < 1.29 is 0 Å². The van der Waals surface area contributed by atoms with E-state index in [2.05, 4.69) is 10.3 Å². The second-order valence-corrected chi connectivity index (χ2v) is 4.11. The normalized spacial score (nSPS) is 10.2. The van der Waals surface area contributed by atoms with Crippen molar-refractivity contribution in [1.29, 1.82) is 0 Å². The van der Waals surface area contributed by atoms with Gasteiger partial charge in [0.1, 0.15) is 11.6 Å². The first-order valence-corrected chi connectivity index (χ1v) is 5.50. The molecule has 2 aromatic rings. The van der Waals surface area contributed by atoms with Gasteiger partial charge in [-0.3, -0.25) is 0 Å². The molecule has 0 fully saturated rings. The predicted octanol–water partition coefficient (Wildman–Crippen LogP) is 2.95. The van der Waals surface area contributed by atoms with Gasteiger partial charge in [0.15, 0.2) is 0 Å². The van der Waals surface area contributed by atoms with Crippen LogP contribution in [0.5, 0.6) is 0 Å². The molecule has 0 bridgehead atoms. The highest BCUT2D eigenvalue weighted by molar-refractivity contribution is 6.34. The Labute approximate surface area is 105 Å². The zero-order valence-electron chi connectivity index (χ0n) is 9.37. The van der Waals surface area contributed by atoms with E-state index in [1.807, 2.05) is 25.1 Å². The van der Waals surface area contributed by atoms with Gasteiger partial charge in [-0.1, -0.05) is 23.7 Å². The number of rotatable bonds is 2. The summed E-state index contributed by atoms with van der Waals surface area (Å²) in [5.41, 5.74) is 13.5. The summed E-state index contributed by atoms with van der Waals surface area (Å²) >= 11 is 6.17. The second-order valence-electron chi connectivity index (χ2n) is 3.73. The molecule has 0 aliphatic rings. The van der Waals surface area contributed by atoms with Gasteiger partial charge in [-0.25, -0.2) is 4.98 Å². The summed E-state index contributed by atoms with van der Waals surface area (Å²) in [5, 5.41) is 3.77. The van der Waals surface area contributed by atoms with E-state index in [-0.39, 0.29) is 0 Å². The smallest absolute Gasteiger partial charge is 0.149 e. The fourth-order valence-electron chi connectivity index (χ4n) is 1.44. The molecule has 1 heterocycles. The Balaban J connectivity index is 2.31. The Bertz CT molecular complexity index is 554. The van der Waals surface area contributed by atoms with Crippen molar-refractivity contribution >= 4 is 34.6 Å². The van der Waals surface area contributed by atoms with Crippen molar-refractivity contribution in [2.45, 2.75) is 6.92 Å². The van der Waals surface area contributed by atoms with Gasteiger partial charge >= 0.3 is 0 Å². The molecule has 5 heteroatoms. The van der Waals surface area contributed by atoms with Gasteiger partial charge in [-0.2, -0.15) is 0 Å². The number of benzene rings is 1. The van der Waals surface area contributed by atoms with E-state index >= 15 is 0 Å². The molecule has 17 heavy (non-hydrogen) atoms. The van der Waals surface area contributed by atoms with Crippen molar-refractivity contribution in [3.8, 4) is 0 Å². The number of nitrogens with one attached hydrogen (secondary N) is 1. The summed E-state index contributed by atoms with van der Waals surface area (Å²) in [6.45, 7) is 1.94. The van der Waals surface area contributed by atoms with E-state index in [9.17, 15) is 0 Å². The molecule has 0 unspecified atom stereocenters. The standard InChI is InChI=1S/C12H13ClN4/c1-7-3-2-4-9(11(7)13)16-10-6-5-8(14)12(15)17-10/h2-6H,14H2,1H3,(H3,15,16,17). The molecule has 0 aliphatic heterocycles. The molecule has 88 valence electrons. The lowest BCUT2D eigenvalue weighted by Crippen LogP contribution is -2.01. The minimum atomic E-state index is 0.304. The van der Waals surface area contributed by atoms with Crippen LogP contribution >= 0.6 is 11.6 Å². The highest BCUT2D eigenvalue weighted by atomic mass is 35.5. The number of nitrogens with zero attached hydrogens (tertiary/aromatic N) is 1. The Kier molecular flexibility index (Phi) is 3.06. The molecule has 0 atom stereocenters. The number of nitrogens with two attached hydrogens (primary N) is 2. The highest BCUT2D eigenvalue weighted by Crippen LogP contribution is 2.28. The van der Waals surface area contributed by atoms with Gasteiger partial charge in [0.25, 0.3) is 0 Å². The molecule has 0 saturated carbocycles. The largest absolute Gasteiger partial charge is 0.396 e. The van der Waals surface area contributed by atoms with Crippen LogP contribution < -0.4 is 16.8 Å². The molecule has 0 amide bonds. The van der Waals surface area contributed by atoms with Crippen molar-refractivity contribution in [3.63, 3.8) is 0 Å². The number of aryl methyl sites for hydroxylation is 1. The maximum absolute atomic E-state index is 6.17. The van der Waals surface area contributed by atoms with Gasteiger partial charge in [0.05, 0.1) is 16.4 Å². The number of anilines is 4. The number of nitrogen functional groups attached to an aromatic ring is 2. The van der Waals surface area contributed by atoms with Gasteiger partial charge < -0.3 is 16.8 Å². The number of halogens is 1. The predicted molar refractivity (Wildman–Crippen MR) is 72.5 cm³/mol. The average molecular weight is 249 g/mol. The lowest BCUT2D eigenvalue weighted by Gasteiger charge is -2.10. The van der Waals surface area contributed by atoms with Gasteiger partial charge in [0, 0.05) is 0 Å². The van der Waals surface area contributed by atoms with E-state index < -0.39 is 0 Å². The van der Waals surface area contributed by atoms with Crippen LogP contribution in [0.15, 0.2) is 30.3 Å². The SMILES string of the molecule is Cc1cccc(Nc2ccc(N)c(N)n2)c1Cl. The van der Waals surface area contributed by atoms with E-state index in [0.29, 0.717) is 22.3 Å². The lowest BCUT2D eigenvalue weighted by atomic mass is 10.2. The molecule has 1 aromatic heterocycles. The van der Waals surface area contributed by atoms with Crippen molar-refractivity contribution in [1.82, 2.24) is 4.98 Å². The van der Waals surface area contributed by atoms with E-state index in [1.165, 1.54) is 0 Å². The minimum absolute atomic E-state index is 0.304. The Morgan fingerprint density at radius 3 is 2.65 bits per heavy atom. The van der Waals surface area contributed by atoms with Crippen molar-refractivity contribution in [2.24, 2.45) is 0 Å². The van der Waals surface area contributed by atoms with Crippen LogP contribution in [0.4, 0.5) is 23.0 Å². The first-order chi connectivity index (χ1) is 8.08. The fourth-order valence-corrected chi connectivity index (χ4v) is 1.61. The third-order valence-electron chi connectivity index (χ3n) is 2.41. The monoisotopic (exact) mass is 248 g/mol. The average Bonchev–Trinajstić information content (AvgIpc) is 2.30. The molecule has 4 nitrogen and oxygen atoms in total. The molecular weight excluding hydrogens is 236 g/mol. The molecular formula is C12H13ClN4. The molecule has 0 saturated heterocycles. The van der Waals surface area contributed by atoms with Crippen LogP contribution in [-0.2, 0) is 0 Å². The number of hydrogen-bond donors (Lipinski definition) is 3. The maximum Gasteiger partial charge on any atom is 0.149 e. The Morgan fingerprint density at radius 1 is 1.18 bits per heavy atom. The quantitative estimate of drug-likeness (QED) is 0.764. The summed E-state index contributed by atoms with van der Waals surface area (Å²) in [6, 6.07) is 9.20. The van der Waals surface area contributed by atoms with Crippen molar-refractivity contribution in [3.05, 3.63) is 40.9 Å². The molecule has 5 N–H and O–H groups in total. The first kappa shape index (κ1) is 11.5. The van der Waals surface area contributed by atoms with Crippen LogP contribution in [0.1, 0.15) is 5.56 Å². The maximum atomic E-state index is 6.17. The van der Waals surface area contributed by atoms with Crippen LogP contribution in [0.3, 0.4) is 0 Å². The van der Waals surface area contributed by atoms with Gasteiger partial charge in [-0.15, -0.1) is 0 Å². The minimum Gasteiger partial charge on any atom is -0.396 e. The third kappa shape index (κ3) is 2.42.